The molecule has 0 N–H and O–H groups in total. The Kier molecular flexibility index (Phi) is 5.77. The van der Waals surface area contributed by atoms with Crippen LogP contribution in [0.3, 0.4) is 0 Å². The van der Waals surface area contributed by atoms with Crippen molar-refractivity contribution < 1.29 is 23.8 Å². The number of benzene rings is 1. The number of ether oxygens (including phenoxy) is 3. The lowest BCUT2D eigenvalue weighted by Gasteiger charge is -2.28. The first-order valence-electron chi connectivity index (χ1n) is 7.93. The second-order valence-electron chi connectivity index (χ2n) is 5.89. The molecule has 1 aliphatic rings. The molecule has 1 aliphatic heterocycles. The van der Waals surface area contributed by atoms with Gasteiger partial charge in [0.1, 0.15) is 0 Å². The van der Waals surface area contributed by atoms with Gasteiger partial charge in [-0.1, -0.05) is 37.3 Å². The van der Waals surface area contributed by atoms with E-state index in [1.54, 1.807) is 0 Å². The molecule has 0 amide bonds. The Morgan fingerprint density at radius 2 is 1.70 bits per heavy atom. The molecule has 126 valence electrons. The fourth-order valence-electron chi connectivity index (χ4n) is 3.04. The average Bonchev–Trinajstić information content (AvgIpc) is 3.36. The minimum atomic E-state index is -1.32. The Morgan fingerprint density at radius 3 is 2.17 bits per heavy atom. The summed E-state index contributed by atoms with van der Waals surface area (Å²) in [5, 5.41) is 0. The first-order valence-corrected chi connectivity index (χ1v) is 7.93. The lowest BCUT2D eigenvalue weighted by Crippen LogP contribution is -2.43. The highest BCUT2D eigenvalue weighted by molar-refractivity contribution is 6.00. The number of carbonyl (C=O) groups excluding carboxylic acids is 2. The molecule has 1 aromatic rings. The molecule has 5 nitrogen and oxygen atoms in total. The predicted molar refractivity (Wildman–Crippen MR) is 84.8 cm³/mol. The van der Waals surface area contributed by atoms with Crippen molar-refractivity contribution in [2.45, 2.75) is 44.8 Å². The second-order valence-corrected chi connectivity index (χ2v) is 5.89. The summed E-state index contributed by atoms with van der Waals surface area (Å²) in [6.45, 7) is 2.06. The lowest BCUT2D eigenvalue weighted by molar-refractivity contribution is -0.170. The third-order valence-electron chi connectivity index (χ3n) is 4.45. The Hall–Kier alpha value is -1.88. The number of epoxide rings is 1. The van der Waals surface area contributed by atoms with Crippen molar-refractivity contribution in [2.75, 3.05) is 14.2 Å². The van der Waals surface area contributed by atoms with E-state index in [9.17, 15) is 9.59 Å². The topological polar surface area (TPSA) is 65.1 Å². The zero-order valence-electron chi connectivity index (χ0n) is 13.9. The third-order valence-corrected chi connectivity index (χ3v) is 4.45. The van der Waals surface area contributed by atoms with Gasteiger partial charge >= 0.3 is 11.9 Å². The van der Waals surface area contributed by atoms with Crippen molar-refractivity contribution in [3.8, 4) is 0 Å². The summed E-state index contributed by atoms with van der Waals surface area (Å²) in [5.41, 5.74) is -0.429. The molecule has 1 saturated heterocycles. The van der Waals surface area contributed by atoms with Gasteiger partial charge in [0, 0.05) is 0 Å². The van der Waals surface area contributed by atoms with Crippen LogP contribution in [0.15, 0.2) is 30.3 Å². The molecule has 0 radical (unpaired) electrons. The van der Waals surface area contributed by atoms with Crippen LogP contribution in [0.4, 0.5) is 0 Å². The van der Waals surface area contributed by atoms with Crippen LogP contribution in [-0.4, -0.2) is 38.4 Å². The molecule has 1 aromatic carbocycles. The molecule has 0 aromatic heterocycles. The van der Waals surface area contributed by atoms with Gasteiger partial charge in [-0.25, -0.2) is 0 Å². The van der Waals surface area contributed by atoms with Crippen molar-refractivity contribution in [2.24, 2.45) is 5.41 Å². The van der Waals surface area contributed by atoms with E-state index in [1.165, 1.54) is 14.2 Å². The number of hydrogen-bond donors (Lipinski definition) is 0. The Morgan fingerprint density at radius 1 is 1.09 bits per heavy atom. The fraction of sp³-hybridized carbons (Fsp3) is 0.556. The highest BCUT2D eigenvalue weighted by Crippen LogP contribution is 2.37. The van der Waals surface area contributed by atoms with Crippen LogP contribution in [0, 0.1) is 5.41 Å². The standard InChI is InChI=1S/C18H24O5/c1-4-14-15(23-14)10-11-18(16(19)21-2,17(20)22-3)12-13-8-6-5-7-9-13/h5-9,14-15H,4,10-12H2,1-3H3/t14-,15-/m1/s1. The molecule has 1 heterocycles. The van der Waals surface area contributed by atoms with Crippen LogP contribution in [0.2, 0.25) is 0 Å². The lowest BCUT2D eigenvalue weighted by atomic mass is 9.77. The van der Waals surface area contributed by atoms with Crippen molar-refractivity contribution in [1.82, 2.24) is 0 Å². The quantitative estimate of drug-likeness (QED) is 0.418. The zero-order valence-corrected chi connectivity index (χ0v) is 13.9. The van der Waals surface area contributed by atoms with Crippen molar-refractivity contribution in [3.05, 3.63) is 35.9 Å². The van der Waals surface area contributed by atoms with Gasteiger partial charge in [-0.15, -0.1) is 0 Å². The normalized spacial score (nSPS) is 20.0. The van der Waals surface area contributed by atoms with Gasteiger partial charge in [0.2, 0.25) is 0 Å². The summed E-state index contributed by atoms with van der Waals surface area (Å²) < 4.78 is 15.4. The van der Waals surface area contributed by atoms with Crippen molar-refractivity contribution >= 4 is 11.9 Å². The summed E-state index contributed by atoms with van der Waals surface area (Å²) in [6, 6.07) is 9.44. The van der Waals surface area contributed by atoms with E-state index < -0.39 is 17.4 Å². The van der Waals surface area contributed by atoms with E-state index in [-0.39, 0.29) is 18.6 Å². The number of esters is 2. The average molecular weight is 320 g/mol. The van der Waals surface area contributed by atoms with Crippen molar-refractivity contribution in [1.29, 1.82) is 0 Å². The van der Waals surface area contributed by atoms with E-state index in [0.717, 1.165) is 12.0 Å². The number of methoxy groups -OCH3 is 2. The van der Waals surface area contributed by atoms with Crippen LogP contribution in [0.25, 0.3) is 0 Å². The molecule has 0 saturated carbocycles. The highest BCUT2D eigenvalue weighted by atomic mass is 16.6. The Labute approximate surface area is 136 Å². The molecule has 2 atom stereocenters. The maximum Gasteiger partial charge on any atom is 0.323 e. The second kappa shape index (κ2) is 7.59. The summed E-state index contributed by atoms with van der Waals surface area (Å²) in [4.78, 5) is 24.9. The van der Waals surface area contributed by atoms with Crippen LogP contribution >= 0.6 is 0 Å². The summed E-state index contributed by atoms with van der Waals surface area (Å²) in [6.07, 6.45) is 2.53. The predicted octanol–water partition coefficient (Wildman–Crippen LogP) is 2.52. The maximum atomic E-state index is 12.5. The first kappa shape index (κ1) is 17.5. The summed E-state index contributed by atoms with van der Waals surface area (Å²) in [7, 11) is 2.60. The molecule has 5 heteroatoms. The molecular formula is C18H24O5. The highest BCUT2D eigenvalue weighted by Gasteiger charge is 2.50. The SMILES string of the molecule is CC[C@H]1O[C@@H]1CCC(Cc1ccccc1)(C(=O)OC)C(=O)OC. The molecule has 2 rings (SSSR count). The summed E-state index contributed by atoms with van der Waals surface area (Å²) >= 11 is 0. The maximum absolute atomic E-state index is 12.5. The van der Waals surface area contributed by atoms with Crippen LogP contribution in [-0.2, 0) is 30.2 Å². The van der Waals surface area contributed by atoms with Crippen LogP contribution in [0.5, 0.6) is 0 Å². The fourth-order valence-corrected chi connectivity index (χ4v) is 3.04. The van der Waals surface area contributed by atoms with E-state index >= 15 is 0 Å². The first-order chi connectivity index (χ1) is 11.1. The smallest absolute Gasteiger partial charge is 0.323 e. The Balaban J connectivity index is 2.22. The molecule has 0 bridgehead atoms. The largest absolute Gasteiger partial charge is 0.468 e. The van der Waals surface area contributed by atoms with Gasteiger partial charge in [0.15, 0.2) is 5.41 Å². The van der Waals surface area contributed by atoms with Gasteiger partial charge in [0.25, 0.3) is 0 Å². The number of rotatable bonds is 8. The molecule has 0 spiro atoms. The minimum absolute atomic E-state index is 0.115. The van der Waals surface area contributed by atoms with Gasteiger partial charge < -0.3 is 14.2 Å². The monoisotopic (exact) mass is 320 g/mol. The molecule has 23 heavy (non-hydrogen) atoms. The number of carbonyl (C=O) groups is 2. The van der Waals surface area contributed by atoms with Crippen molar-refractivity contribution in [3.63, 3.8) is 0 Å². The van der Waals surface area contributed by atoms with E-state index in [4.69, 9.17) is 14.2 Å². The van der Waals surface area contributed by atoms with Gasteiger partial charge in [-0.3, -0.25) is 9.59 Å². The van der Waals surface area contributed by atoms with E-state index in [1.807, 2.05) is 30.3 Å². The van der Waals surface area contributed by atoms with Gasteiger partial charge in [-0.05, 0) is 31.2 Å². The van der Waals surface area contributed by atoms with Gasteiger partial charge in [-0.2, -0.15) is 0 Å². The van der Waals surface area contributed by atoms with E-state index in [2.05, 4.69) is 6.92 Å². The Bertz CT molecular complexity index is 524. The van der Waals surface area contributed by atoms with E-state index in [0.29, 0.717) is 12.8 Å². The summed E-state index contributed by atoms with van der Waals surface area (Å²) in [5.74, 6) is -1.11. The van der Waals surface area contributed by atoms with Crippen LogP contribution in [0.1, 0.15) is 31.7 Å². The molecule has 0 aliphatic carbocycles. The minimum Gasteiger partial charge on any atom is -0.468 e. The van der Waals surface area contributed by atoms with Gasteiger partial charge in [0.05, 0.1) is 26.4 Å². The third kappa shape index (κ3) is 3.91. The van der Waals surface area contributed by atoms with Crippen LogP contribution < -0.4 is 0 Å². The molecule has 1 fully saturated rings. The number of hydrogen-bond acceptors (Lipinski definition) is 5. The molecule has 0 unspecified atom stereocenters. The zero-order chi connectivity index (χ0) is 16.9. The molecular weight excluding hydrogens is 296 g/mol.